The maximum absolute atomic E-state index is 12.3. The Bertz CT molecular complexity index is 1290. The summed E-state index contributed by atoms with van der Waals surface area (Å²) in [7, 11) is 0. The van der Waals surface area contributed by atoms with Crippen molar-refractivity contribution in [2.45, 2.75) is 60.2 Å². The van der Waals surface area contributed by atoms with E-state index in [2.05, 4.69) is 58.0 Å². The molecule has 180 valence electrons. The molecule has 0 saturated carbocycles. The number of hydrogen-bond acceptors (Lipinski definition) is 3. The van der Waals surface area contributed by atoms with Crippen LogP contribution in [0.1, 0.15) is 48.6 Å². The van der Waals surface area contributed by atoms with Crippen LogP contribution < -0.4 is 0 Å². The standard InChI is InChI=1S/C31H35N3O/c1-20(2)34-30(33-29-23(5)15-12-16-24(29)6)27(26-17-9-8-10-18-26)25(7)31(34,35)19-32-28-21(3)13-11-14-22(28)4/h8-20,35H,1-7H3. The zero-order valence-corrected chi connectivity index (χ0v) is 21.8. The molecule has 0 spiro atoms. The van der Waals surface area contributed by atoms with Gasteiger partial charge in [0.05, 0.1) is 17.6 Å². The molecule has 4 rings (SSSR count). The number of aliphatic imine (C=N–C) groups is 2. The lowest BCUT2D eigenvalue weighted by Crippen LogP contribution is -2.52. The maximum Gasteiger partial charge on any atom is 0.199 e. The highest BCUT2D eigenvalue weighted by atomic mass is 16.3. The molecule has 0 bridgehead atoms. The van der Waals surface area contributed by atoms with Crippen LogP contribution in [0.5, 0.6) is 0 Å². The molecule has 1 aliphatic heterocycles. The van der Waals surface area contributed by atoms with Gasteiger partial charge in [0.2, 0.25) is 0 Å². The van der Waals surface area contributed by atoms with Crippen molar-refractivity contribution in [2.75, 3.05) is 0 Å². The normalized spacial score (nSPS) is 19.6. The second kappa shape index (κ2) is 9.63. The first kappa shape index (κ1) is 24.6. The van der Waals surface area contributed by atoms with E-state index < -0.39 is 5.72 Å². The second-order valence-corrected chi connectivity index (χ2v) is 9.73. The van der Waals surface area contributed by atoms with E-state index in [1.54, 1.807) is 6.21 Å². The van der Waals surface area contributed by atoms with Crippen LogP contribution in [-0.4, -0.2) is 33.8 Å². The molecule has 0 aromatic heterocycles. The van der Waals surface area contributed by atoms with Crippen molar-refractivity contribution in [1.82, 2.24) is 4.90 Å². The van der Waals surface area contributed by atoms with E-state index in [1.807, 2.05) is 62.1 Å². The lowest BCUT2D eigenvalue weighted by atomic mass is 9.98. The Labute approximate surface area is 209 Å². The molecule has 0 radical (unpaired) electrons. The molecule has 1 heterocycles. The molecule has 1 aliphatic rings. The van der Waals surface area contributed by atoms with Gasteiger partial charge in [0.15, 0.2) is 5.72 Å². The van der Waals surface area contributed by atoms with Crippen LogP contribution in [0.3, 0.4) is 0 Å². The van der Waals surface area contributed by atoms with E-state index in [4.69, 9.17) is 9.98 Å². The Morgan fingerprint density at radius 3 is 1.77 bits per heavy atom. The van der Waals surface area contributed by atoms with Gasteiger partial charge in [-0.2, -0.15) is 0 Å². The topological polar surface area (TPSA) is 48.2 Å². The third-order valence-corrected chi connectivity index (χ3v) is 6.80. The molecular formula is C31H35N3O. The summed E-state index contributed by atoms with van der Waals surface area (Å²) in [5.41, 5.74) is 7.55. The average Bonchev–Trinajstić information content (AvgIpc) is 3.03. The lowest BCUT2D eigenvalue weighted by molar-refractivity contribution is 0.0237. The highest BCUT2D eigenvalue weighted by molar-refractivity contribution is 6.28. The molecule has 1 atom stereocenters. The largest absolute Gasteiger partial charge is 0.363 e. The predicted octanol–water partition coefficient (Wildman–Crippen LogP) is 7.24. The van der Waals surface area contributed by atoms with E-state index in [9.17, 15) is 5.11 Å². The molecule has 35 heavy (non-hydrogen) atoms. The quantitative estimate of drug-likeness (QED) is 0.404. The fourth-order valence-electron chi connectivity index (χ4n) is 4.92. The average molecular weight is 466 g/mol. The van der Waals surface area contributed by atoms with Crippen LogP contribution in [0.4, 0.5) is 11.4 Å². The van der Waals surface area contributed by atoms with E-state index in [0.717, 1.165) is 56.2 Å². The van der Waals surface area contributed by atoms with Gasteiger partial charge in [-0.1, -0.05) is 66.7 Å². The number of amidine groups is 1. The molecule has 1 unspecified atom stereocenters. The summed E-state index contributed by atoms with van der Waals surface area (Å²) in [5.74, 6) is 0.761. The van der Waals surface area contributed by atoms with Crippen LogP contribution in [0, 0.1) is 27.7 Å². The highest BCUT2D eigenvalue weighted by Gasteiger charge is 2.48. The van der Waals surface area contributed by atoms with Crippen LogP contribution in [0.25, 0.3) is 5.57 Å². The second-order valence-electron chi connectivity index (χ2n) is 9.73. The summed E-state index contributed by atoms with van der Waals surface area (Å²) in [4.78, 5) is 12.1. The molecule has 4 nitrogen and oxygen atoms in total. The molecule has 4 heteroatoms. The fourth-order valence-corrected chi connectivity index (χ4v) is 4.92. The van der Waals surface area contributed by atoms with Crippen molar-refractivity contribution >= 4 is 29.0 Å². The van der Waals surface area contributed by atoms with Crippen molar-refractivity contribution < 1.29 is 5.11 Å². The van der Waals surface area contributed by atoms with Crippen molar-refractivity contribution in [3.05, 3.63) is 100 Å². The van der Waals surface area contributed by atoms with E-state index in [1.165, 1.54) is 0 Å². The summed E-state index contributed by atoms with van der Waals surface area (Å²) < 4.78 is 0. The number of benzene rings is 3. The number of aliphatic hydroxyl groups is 1. The minimum atomic E-state index is -1.41. The number of rotatable bonds is 5. The van der Waals surface area contributed by atoms with Gasteiger partial charge in [-0.15, -0.1) is 0 Å². The third kappa shape index (κ3) is 4.46. The van der Waals surface area contributed by atoms with Crippen LogP contribution >= 0.6 is 0 Å². The number of para-hydroxylation sites is 2. The maximum atomic E-state index is 12.3. The van der Waals surface area contributed by atoms with Crippen LogP contribution in [0.15, 0.2) is 82.3 Å². The third-order valence-electron chi connectivity index (χ3n) is 6.80. The first-order valence-corrected chi connectivity index (χ1v) is 12.2. The van der Waals surface area contributed by atoms with Gasteiger partial charge in [0.25, 0.3) is 0 Å². The van der Waals surface area contributed by atoms with Crippen molar-refractivity contribution in [1.29, 1.82) is 0 Å². The summed E-state index contributed by atoms with van der Waals surface area (Å²) >= 11 is 0. The Morgan fingerprint density at radius 2 is 1.26 bits per heavy atom. The minimum absolute atomic E-state index is 0.0244. The summed E-state index contributed by atoms with van der Waals surface area (Å²) in [5, 5.41) is 12.3. The molecule has 0 fully saturated rings. The van der Waals surface area contributed by atoms with Gasteiger partial charge < -0.3 is 10.0 Å². The molecular weight excluding hydrogens is 430 g/mol. The fraction of sp³-hybridized carbons (Fsp3) is 0.290. The van der Waals surface area contributed by atoms with Crippen molar-refractivity contribution in [3.8, 4) is 0 Å². The summed E-state index contributed by atoms with van der Waals surface area (Å²) in [6.07, 6.45) is 1.69. The first-order valence-electron chi connectivity index (χ1n) is 12.2. The predicted molar refractivity (Wildman–Crippen MR) is 148 cm³/mol. The van der Waals surface area contributed by atoms with Crippen LogP contribution in [-0.2, 0) is 0 Å². The van der Waals surface area contributed by atoms with Gasteiger partial charge in [0, 0.05) is 11.6 Å². The van der Waals surface area contributed by atoms with Gasteiger partial charge >= 0.3 is 0 Å². The lowest BCUT2D eigenvalue weighted by Gasteiger charge is -2.37. The van der Waals surface area contributed by atoms with Gasteiger partial charge in [-0.05, 0) is 81.9 Å². The zero-order valence-electron chi connectivity index (χ0n) is 21.8. The molecule has 3 aromatic carbocycles. The number of aryl methyl sites for hydroxylation is 4. The molecule has 0 aliphatic carbocycles. The minimum Gasteiger partial charge on any atom is -0.363 e. The molecule has 0 saturated heterocycles. The van der Waals surface area contributed by atoms with Gasteiger partial charge in [0.1, 0.15) is 5.84 Å². The zero-order chi connectivity index (χ0) is 25.3. The Balaban J connectivity index is 1.98. The van der Waals surface area contributed by atoms with E-state index >= 15 is 0 Å². The first-order chi connectivity index (χ1) is 16.6. The summed E-state index contributed by atoms with van der Waals surface area (Å²) in [6.45, 7) is 14.4. The smallest absolute Gasteiger partial charge is 0.199 e. The number of nitrogens with zero attached hydrogens (tertiary/aromatic N) is 3. The Kier molecular flexibility index (Phi) is 6.77. The Hall–Kier alpha value is -3.50. The molecule has 0 amide bonds. The van der Waals surface area contributed by atoms with E-state index in [0.29, 0.717) is 0 Å². The monoisotopic (exact) mass is 465 g/mol. The van der Waals surface area contributed by atoms with Crippen LogP contribution in [0.2, 0.25) is 0 Å². The highest BCUT2D eigenvalue weighted by Crippen LogP contribution is 2.42. The van der Waals surface area contributed by atoms with Gasteiger partial charge in [-0.3, -0.25) is 4.99 Å². The summed E-state index contributed by atoms with van der Waals surface area (Å²) in [6, 6.07) is 22.5. The van der Waals surface area contributed by atoms with Gasteiger partial charge in [-0.25, -0.2) is 4.99 Å². The molecule has 3 aromatic rings. The number of hydrogen-bond donors (Lipinski definition) is 1. The van der Waals surface area contributed by atoms with Crippen molar-refractivity contribution in [2.24, 2.45) is 9.98 Å². The molecule has 1 N–H and O–H groups in total. The SMILES string of the molecule is CC1=C(c2ccccc2)C(=Nc2c(C)cccc2C)N(C(C)C)C1(O)C=Nc1c(C)cccc1C. The van der Waals surface area contributed by atoms with Crippen molar-refractivity contribution in [3.63, 3.8) is 0 Å². The van der Waals surface area contributed by atoms with E-state index in [-0.39, 0.29) is 6.04 Å². The Morgan fingerprint density at radius 1 is 0.743 bits per heavy atom.